The summed E-state index contributed by atoms with van der Waals surface area (Å²) in [6, 6.07) is 0.699. The number of nitrogens with one attached hydrogen (secondary N) is 2. The van der Waals surface area contributed by atoms with E-state index < -0.39 is 0 Å². The molecule has 1 aliphatic carbocycles. The second-order valence-electron chi connectivity index (χ2n) is 7.70. The number of nitrogens with zero attached hydrogens (tertiary/aromatic N) is 3. The molecule has 7 heteroatoms. The predicted octanol–water partition coefficient (Wildman–Crippen LogP) is 3.35. The minimum Gasteiger partial charge on any atom is -0.467 e. The van der Waals surface area contributed by atoms with Crippen LogP contribution < -0.4 is 15.4 Å². The Morgan fingerprint density at radius 2 is 1.92 bits per heavy atom. The molecule has 25 heavy (non-hydrogen) atoms. The van der Waals surface area contributed by atoms with Crippen LogP contribution in [0.5, 0.6) is 6.01 Å². The molecule has 2 N–H and O–H groups in total. The van der Waals surface area contributed by atoms with E-state index in [4.69, 9.17) is 9.47 Å². The largest absolute Gasteiger partial charge is 0.467 e. The third-order valence-electron chi connectivity index (χ3n) is 4.47. The van der Waals surface area contributed by atoms with Gasteiger partial charge in [-0.25, -0.2) is 0 Å². The van der Waals surface area contributed by atoms with Gasteiger partial charge in [-0.05, 0) is 43.9 Å². The van der Waals surface area contributed by atoms with Gasteiger partial charge in [-0.1, -0.05) is 20.8 Å². The zero-order chi connectivity index (χ0) is 18.3. The van der Waals surface area contributed by atoms with E-state index in [0.717, 1.165) is 39.0 Å². The van der Waals surface area contributed by atoms with Crippen molar-refractivity contribution in [3.8, 4) is 6.01 Å². The van der Waals surface area contributed by atoms with Crippen LogP contribution in [0.3, 0.4) is 0 Å². The molecule has 142 valence electrons. The molecule has 1 aromatic heterocycles. The molecular formula is C18H33N5O2. The molecule has 1 aromatic rings. The molecule has 2 rings (SSSR count). The Kier molecular flexibility index (Phi) is 7.23. The zero-order valence-corrected chi connectivity index (χ0v) is 16.3. The summed E-state index contributed by atoms with van der Waals surface area (Å²) in [6.45, 7) is 11.2. The highest BCUT2D eigenvalue weighted by Crippen LogP contribution is 2.39. The molecule has 1 aliphatic rings. The van der Waals surface area contributed by atoms with Crippen LogP contribution in [-0.4, -0.2) is 47.9 Å². The van der Waals surface area contributed by atoms with E-state index in [0.29, 0.717) is 35.3 Å². The minimum absolute atomic E-state index is 0.327. The smallest absolute Gasteiger partial charge is 0.322 e. The Hall–Kier alpha value is -1.63. The lowest BCUT2D eigenvalue weighted by Crippen LogP contribution is -2.36. The lowest BCUT2D eigenvalue weighted by Gasteiger charge is -2.39. The van der Waals surface area contributed by atoms with E-state index in [1.165, 1.54) is 6.42 Å². The molecular weight excluding hydrogens is 318 g/mol. The maximum absolute atomic E-state index is 5.34. The molecule has 1 heterocycles. The minimum atomic E-state index is 0.327. The van der Waals surface area contributed by atoms with E-state index in [2.05, 4.69) is 46.4 Å². The normalized spacial score (nSPS) is 22.4. The summed E-state index contributed by atoms with van der Waals surface area (Å²) in [5.74, 6) is 1.81. The Morgan fingerprint density at radius 1 is 1.16 bits per heavy atom. The Morgan fingerprint density at radius 3 is 2.60 bits per heavy atom. The van der Waals surface area contributed by atoms with Crippen LogP contribution in [0.1, 0.15) is 53.4 Å². The molecule has 0 spiro atoms. The number of hydrogen-bond acceptors (Lipinski definition) is 7. The molecule has 0 aliphatic heterocycles. The standard InChI is InChI=1S/C18H33N5O2/c1-6-25-9-7-8-19-15-21-16(23-17(22-15)24-5)20-14-10-13(2)11-18(3,4)12-14/h13-14H,6-12H2,1-5H3,(H2,19,20,21,22,23). The Bertz CT molecular complexity index is 538. The maximum Gasteiger partial charge on any atom is 0.322 e. The SMILES string of the molecule is CCOCCCNc1nc(NC2CC(C)CC(C)(C)C2)nc(OC)n1. The zero-order valence-electron chi connectivity index (χ0n) is 16.3. The van der Waals surface area contributed by atoms with Crippen molar-refractivity contribution in [2.75, 3.05) is 37.5 Å². The van der Waals surface area contributed by atoms with Crippen LogP contribution in [0.25, 0.3) is 0 Å². The van der Waals surface area contributed by atoms with Crippen molar-refractivity contribution in [1.82, 2.24) is 15.0 Å². The first kappa shape index (κ1) is 19.7. The molecule has 7 nitrogen and oxygen atoms in total. The topological polar surface area (TPSA) is 81.2 Å². The monoisotopic (exact) mass is 351 g/mol. The van der Waals surface area contributed by atoms with Crippen LogP contribution >= 0.6 is 0 Å². The van der Waals surface area contributed by atoms with Crippen molar-refractivity contribution in [2.45, 2.75) is 59.4 Å². The third-order valence-corrected chi connectivity index (χ3v) is 4.47. The van der Waals surface area contributed by atoms with Crippen molar-refractivity contribution < 1.29 is 9.47 Å². The summed E-state index contributed by atoms with van der Waals surface area (Å²) in [7, 11) is 1.57. The van der Waals surface area contributed by atoms with Crippen molar-refractivity contribution in [2.24, 2.45) is 11.3 Å². The second kappa shape index (κ2) is 9.17. The van der Waals surface area contributed by atoms with Crippen LogP contribution in [0, 0.1) is 11.3 Å². The van der Waals surface area contributed by atoms with Gasteiger partial charge in [0, 0.05) is 25.8 Å². The van der Waals surface area contributed by atoms with Crippen LogP contribution in [0.15, 0.2) is 0 Å². The van der Waals surface area contributed by atoms with Crippen LogP contribution in [0.2, 0.25) is 0 Å². The van der Waals surface area contributed by atoms with Gasteiger partial charge in [-0.2, -0.15) is 15.0 Å². The van der Waals surface area contributed by atoms with Gasteiger partial charge < -0.3 is 20.1 Å². The summed E-state index contributed by atoms with van der Waals surface area (Å²) in [4.78, 5) is 13.1. The molecule has 0 amide bonds. The fraction of sp³-hybridized carbons (Fsp3) is 0.833. The van der Waals surface area contributed by atoms with Gasteiger partial charge in [0.25, 0.3) is 0 Å². The third kappa shape index (κ3) is 6.65. The summed E-state index contributed by atoms with van der Waals surface area (Å²) in [6.07, 6.45) is 4.41. The molecule has 1 fully saturated rings. The second-order valence-corrected chi connectivity index (χ2v) is 7.70. The van der Waals surface area contributed by atoms with Gasteiger partial charge in [-0.15, -0.1) is 0 Å². The first-order valence-electron chi connectivity index (χ1n) is 9.30. The highest BCUT2D eigenvalue weighted by Gasteiger charge is 2.32. The average Bonchev–Trinajstić information content (AvgIpc) is 2.52. The van der Waals surface area contributed by atoms with E-state index in [1.54, 1.807) is 7.11 Å². The number of anilines is 2. The van der Waals surface area contributed by atoms with Crippen molar-refractivity contribution in [3.63, 3.8) is 0 Å². The summed E-state index contributed by atoms with van der Waals surface area (Å²) in [5, 5.41) is 6.70. The van der Waals surface area contributed by atoms with Crippen molar-refractivity contribution in [1.29, 1.82) is 0 Å². The number of ether oxygens (including phenoxy) is 2. The van der Waals surface area contributed by atoms with E-state index in [1.807, 2.05) is 6.92 Å². The summed E-state index contributed by atoms with van der Waals surface area (Å²) >= 11 is 0. The Balaban J connectivity index is 1.98. The molecule has 0 radical (unpaired) electrons. The average molecular weight is 351 g/mol. The van der Waals surface area contributed by atoms with Crippen molar-refractivity contribution >= 4 is 11.9 Å². The fourth-order valence-corrected chi connectivity index (χ4v) is 3.75. The summed E-state index contributed by atoms with van der Waals surface area (Å²) < 4.78 is 10.6. The van der Waals surface area contributed by atoms with Gasteiger partial charge in [0.05, 0.1) is 7.11 Å². The molecule has 2 atom stereocenters. The molecule has 2 unspecified atom stereocenters. The lowest BCUT2D eigenvalue weighted by atomic mass is 9.71. The van der Waals surface area contributed by atoms with E-state index in [-0.39, 0.29) is 0 Å². The van der Waals surface area contributed by atoms with Gasteiger partial charge in [-0.3, -0.25) is 0 Å². The van der Waals surface area contributed by atoms with Gasteiger partial charge in [0.2, 0.25) is 11.9 Å². The molecule has 0 aromatic carbocycles. The van der Waals surface area contributed by atoms with E-state index >= 15 is 0 Å². The maximum atomic E-state index is 5.34. The van der Waals surface area contributed by atoms with Gasteiger partial charge in [0.1, 0.15) is 0 Å². The number of methoxy groups -OCH3 is 1. The van der Waals surface area contributed by atoms with Gasteiger partial charge in [0.15, 0.2) is 0 Å². The first-order valence-corrected chi connectivity index (χ1v) is 9.30. The predicted molar refractivity (Wildman–Crippen MR) is 100 cm³/mol. The molecule has 0 bridgehead atoms. The highest BCUT2D eigenvalue weighted by atomic mass is 16.5. The van der Waals surface area contributed by atoms with Crippen LogP contribution in [0.4, 0.5) is 11.9 Å². The number of rotatable bonds is 9. The van der Waals surface area contributed by atoms with E-state index in [9.17, 15) is 0 Å². The van der Waals surface area contributed by atoms with Crippen molar-refractivity contribution in [3.05, 3.63) is 0 Å². The van der Waals surface area contributed by atoms with Gasteiger partial charge >= 0.3 is 6.01 Å². The molecule has 1 saturated carbocycles. The fourth-order valence-electron chi connectivity index (χ4n) is 3.75. The highest BCUT2D eigenvalue weighted by molar-refractivity contribution is 5.36. The number of aromatic nitrogens is 3. The Labute approximate surface area is 151 Å². The summed E-state index contributed by atoms with van der Waals surface area (Å²) in [5.41, 5.74) is 0.340. The quantitative estimate of drug-likeness (QED) is 0.660. The van der Waals surface area contributed by atoms with Crippen LogP contribution in [-0.2, 0) is 4.74 Å². The number of hydrogen-bond donors (Lipinski definition) is 2. The molecule has 0 saturated heterocycles. The first-order chi connectivity index (χ1) is 11.9. The lowest BCUT2D eigenvalue weighted by molar-refractivity contribution is 0.147.